The molecule has 5 nitrogen and oxygen atoms in total. The quantitative estimate of drug-likeness (QED) is 0.377. The summed E-state index contributed by atoms with van der Waals surface area (Å²) in [5.74, 6) is -1.38. The highest BCUT2D eigenvalue weighted by atomic mass is 19.1. The molecule has 154 valence electrons. The highest BCUT2D eigenvalue weighted by molar-refractivity contribution is 6.01. The van der Waals surface area contributed by atoms with E-state index in [1.165, 1.54) is 31.4 Å². The molecule has 0 unspecified atom stereocenters. The van der Waals surface area contributed by atoms with Gasteiger partial charge in [0.1, 0.15) is 22.9 Å². The van der Waals surface area contributed by atoms with Crippen LogP contribution in [0.1, 0.15) is 52.1 Å². The zero-order valence-corrected chi connectivity index (χ0v) is 16.9. The molecule has 6 heteroatoms. The van der Waals surface area contributed by atoms with Crippen LogP contribution in [-0.4, -0.2) is 30.6 Å². The number of phenolic OH excluding ortho intramolecular Hbond substituents is 1. The first kappa shape index (κ1) is 22.1. The normalized spacial score (nSPS) is 10.5. The van der Waals surface area contributed by atoms with E-state index in [0.29, 0.717) is 29.7 Å². The van der Waals surface area contributed by atoms with E-state index in [1.807, 2.05) is 6.92 Å². The topological polar surface area (TPSA) is 72.8 Å². The van der Waals surface area contributed by atoms with E-state index >= 15 is 0 Å². The van der Waals surface area contributed by atoms with Crippen molar-refractivity contribution in [3.05, 3.63) is 70.6 Å². The van der Waals surface area contributed by atoms with E-state index in [0.717, 1.165) is 5.57 Å². The number of esters is 1. The zero-order chi connectivity index (χ0) is 21.6. The number of halogens is 1. The number of carbonyl (C=O) groups excluding carboxylic acids is 2. The third-order valence-corrected chi connectivity index (χ3v) is 4.46. The largest absolute Gasteiger partial charge is 0.507 e. The summed E-state index contributed by atoms with van der Waals surface area (Å²) in [4.78, 5) is 25.2. The summed E-state index contributed by atoms with van der Waals surface area (Å²) >= 11 is 0. The molecule has 0 aliphatic heterocycles. The summed E-state index contributed by atoms with van der Waals surface area (Å²) in [7, 11) is 1.45. The number of benzene rings is 2. The number of ether oxygens (including phenoxy) is 2. The van der Waals surface area contributed by atoms with Gasteiger partial charge in [0.2, 0.25) is 0 Å². The molecule has 0 radical (unpaired) electrons. The summed E-state index contributed by atoms with van der Waals surface area (Å²) in [6.45, 7) is 7.50. The summed E-state index contributed by atoms with van der Waals surface area (Å²) in [6, 6.07) is 6.71. The van der Waals surface area contributed by atoms with Crippen molar-refractivity contribution in [2.45, 2.75) is 33.1 Å². The van der Waals surface area contributed by atoms with Crippen molar-refractivity contribution in [3.8, 4) is 11.5 Å². The summed E-state index contributed by atoms with van der Waals surface area (Å²) in [5.41, 5.74) is 1.90. The monoisotopic (exact) mass is 400 g/mol. The second-order valence-electron chi connectivity index (χ2n) is 6.72. The molecule has 2 aromatic carbocycles. The van der Waals surface area contributed by atoms with Gasteiger partial charge in [-0.2, -0.15) is 0 Å². The van der Waals surface area contributed by atoms with E-state index in [4.69, 9.17) is 9.47 Å². The van der Waals surface area contributed by atoms with Crippen LogP contribution in [0, 0.1) is 5.82 Å². The molecule has 1 N–H and O–H groups in total. The predicted octanol–water partition coefficient (Wildman–Crippen LogP) is 4.65. The average molecular weight is 400 g/mol. The van der Waals surface area contributed by atoms with E-state index in [9.17, 15) is 19.1 Å². The first-order valence-electron chi connectivity index (χ1n) is 9.30. The minimum atomic E-state index is -0.717. The Morgan fingerprint density at radius 2 is 1.86 bits per heavy atom. The van der Waals surface area contributed by atoms with Crippen molar-refractivity contribution in [3.63, 3.8) is 0 Å². The van der Waals surface area contributed by atoms with Crippen LogP contribution in [0.15, 0.2) is 42.5 Å². The van der Waals surface area contributed by atoms with E-state index < -0.39 is 11.8 Å². The molecule has 0 fully saturated rings. The number of Topliss-reactive ketones (excluding diaryl/α,β-unsaturated/α-hetero) is 1. The Hall–Kier alpha value is -3.15. The fourth-order valence-electron chi connectivity index (χ4n) is 2.98. The van der Waals surface area contributed by atoms with Gasteiger partial charge in [-0.3, -0.25) is 4.79 Å². The lowest BCUT2D eigenvalue weighted by molar-refractivity contribution is 0.0521. The standard InChI is InChI=1S/C23H25FO5/c1-5-29-23(27)21-16(12-19(25)15-7-9-17(24)10-8-15)13-20(28-4)18(22(21)26)11-6-14(2)3/h7-10,13,26H,2,5-6,11-12H2,1,3-4H3. The molecule has 2 rings (SSSR count). The van der Waals surface area contributed by atoms with Crippen LogP contribution >= 0.6 is 0 Å². The number of aromatic hydroxyl groups is 1. The lowest BCUT2D eigenvalue weighted by atomic mass is 9.93. The molecule has 0 heterocycles. The minimum absolute atomic E-state index is 0.0557. The van der Waals surface area contributed by atoms with Crippen LogP contribution in [0.25, 0.3) is 0 Å². The Morgan fingerprint density at radius 3 is 2.41 bits per heavy atom. The predicted molar refractivity (Wildman–Crippen MR) is 108 cm³/mol. The summed E-state index contributed by atoms with van der Waals surface area (Å²) in [6.07, 6.45) is 0.841. The molecule has 0 bridgehead atoms. The van der Waals surface area contributed by atoms with Gasteiger partial charge in [0.05, 0.1) is 13.7 Å². The first-order chi connectivity index (χ1) is 13.8. The highest BCUT2D eigenvalue weighted by Gasteiger charge is 2.25. The van der Waals surface area contributed by atoms with E-state index in [-0.39, 0.29) is 35.7 Å². The van der Waals surface area contributed by atoms with Gasteiger partial charge in [0.25, 0.3) is 0 Å². The number of ketones is 1. The molecule has 0 saturated carbocycles. The number of rotatable bonds is 9. The number of phenols is 1. The number of allylic oxidation sites excluding steroid dienone is 1. The first-order valence-corrected chi connectivity index (χ1v) is 9.30. The molecule has 0 spiro atoms. The maximum absolute atomic E-state index is 13.1. The molecule has 0 aliphatic carbocycles. The molecule has 0 amide bonds. The summed E-state index contributed by atoms with van der Waals surface area (Å²) < 4.78 is 23.6. The van der Waals surface area contributed by atoms with Gasteiger partial charge in [-0.05, 0) is 62.6 Å². The molecule has 29 heavy (non-hydrogen) atoms. The van der Waals surface area contributed by atoms with Gasteiger partial charge in [0.15, 0.2) is 5.78 Å². The third kappa shape index (κ3) is 5.44. The Kier molecular flexibility index (Phi) is 7.53. The van der Waals surface area contributed by atoms with Crippen molar-refractivity contribution >= 4 is 11.8 Å². The summed E-state index contributed by atoms with van der Waals surface area (Å²) in [5, 5.41) is 10.8. The fourth-order valence-corrected chi connectivity index (χ4v) is 2.98. The van der Waals surface area contributed by atoms with Crippen molar-refractivity contribution < 1.29 is 28.6 Å². The molecule has 0 saturated heterocycles. The van der Waals surface area contributed by atoms with Crippen LogP contribution in [0.5, 0.6) is 11.5 Å². The maximum Gasteiger partial charge on any atom is 0.342 e. The van der Waals surface area contributed by atoms with Crippen molar-refractivity contribution in [1.82, 2.24) is 0 Å². The molecule has 0 aliphatic rings. The molecule has 0 atom stereocenters. The second kappa shape index (κ2) is 9.87. The highest BCUT2D eigenvalue weighted by Crippen LogP contribution is 2.37. The molecular formula is C23H25FO5. The number of hydrogen-bond donors (Lipinski definition) is 1. The Bertz CT molecular complexity index is 916. The molecule has 0 aromatic heterocycles. The van der Waals surface area contributed by atoms with Crippen LogP contribution in [-0.2, 0) is 17.6 Å². The fraction of sp³-hybridized carbons (Fsp3) is 0.304. The maximum atomic E-state index is 13.1. The lowest BCUT2D eigenvalue weighted by Crippen LogP contribution is -2.14. The van der Waals surface area contributed by atoms with Gasteiger partial charge in [-0.15, -0.1) is 6.58 Å². The van der Waals surface area contributed by atoms with E-state index in [2.05, 4.69) is 6.58 Å². The average Bonchev–Trinajstić information content (AvgIpc) is 2.67. The van der Waals surface area contributed by atoms with Gasteiger partial charge in [0, 0.05) is 17.5 Å². The number of methoxy groups -OCH3 is 1. The minimum Gasteiger partial charge on any atom is -0.507 e. The Balaban J connectivity index is 2.52. The van der Waals surface area contributed by atoms with Gasteiger partial charge in [-0.1, -0.05) is 5.57 Å². The van der Waals surface area contributed by atoms with E-state index in [1.54, 1.807) is 13.0 Å². The third-order valence-electron chi connectivity index (χ3n) is 4.46. The lowest BCUT2D eigenvalue weighted by Gasteiger charge is -2.17. The van der Waals surface area contributed by atoms with Crippen LogP contribution in [0.2, 0.25) is 0 Å². The van der Waals surface area contributed by atoms with Crippen molar-refractivity contribution in [2.75, 3.05) is 13.7 Å². The molecule has 2 aromatic rings. The smallest absolute Gasteiger partial charge is 0.342 e. The number of carbonyl (C=O) groups is 2. The Labute approximate surface area is 169 Å². The van der Waals surface area contributed by atoms with Crippen LogP contribution in [0.4, 0.5) is 4.39 Å². The van der Waals surface area contributed by atoms with Crippen molar-refractivity contribution in [1.29, 1.82) is 0 Å². The van der Waals surface area contributed by atoms with Gasteiger partial charge in [-0.25, -0.2) is 9.18 Å². The van der Waals surface area contributed by atoms with Gasteiger partial charge >= 0.3 is 5.97 Å². The van der Waals surface area contributed by atoms with Crippen molar-refractivity contribution in [2.24, 2.45) is 0 Å². The zero-order valence-electron chi connectivity index (χ0n) is 16.9. The number of hydrogen-bond acceptors (Lipinski definition) is 5. The van der Waals surface area contributed by atoms with Crippen LogP contribution < -0.4 is 4.74 Å². The molecular weight excluding hydrogens is 375 g/mol. The van der Waals surface area contributed by atoms with Gasteiger partial charge < -0.3 is 14.6 Å². The Morgan fingerprint density at radius 1 is 1.21 bits per heavy atom. The van der Waals surface area contributed by atoms with Crippen LogP contribution in [0.3, 0.4) is 0 Å². The SMILES string of the molecule is C=C(C)CCc1c(OC)cc(CC(=O)c2ccc(F)cc2)c(C(=O)OCC)c1O. The second-order valence-corrected chi connectivity index (χ2v) is 6.72.